The molecular formula is C11H14ClNO5S2. The quantitative estimate of drug-likeness (QED) is 0.765. The van der Waals surface area contributed by atoms with E-state index in [0.717, 1.165) is 0 Å². The first kappa shape index (κ1) is 15.7. The van der Waals surface area contributed by atoms with Gasteiger partial charge in [-0.05, 0) is 30.7 Å². The monoisotopic (exact) mass is 339 g/mol. The van der Waals surface area contributed by atoms with Crippen LogP contribution in [0.2, 0.25) is 0 Å². The Morgan fingerprint density at radius 3 is 2.15 bits per heavy atom. The number of hydrogen-bond donors (Lipinski definition) is 0. The minimum Gasteiger partial charge on any atom is -0.380 e. The number of nitrogens with zero attached hydrogens (tertiary/aromatic N) is 1. The van der Waals surface area contributed by atoms with E-state index < -0.39 is 19.1 Å². The summed E-state index contributed by atoms with van der Waals surface area (Å²) < 4.78 is 53.4. The Bertz CT molecular complexity index is 684. The molecule has 0 N–H and O–H groups in total. The number of sulfonamides is 1. The van der Waals surface area contributed by atoms with Crippen LogP contribution in [0.25, 0.3) is 0 Å². The van der Waals surface area contributed by atoms with Gasteiger partial charge in [-0.3, -0.25) is 0 Å². The van der Waals surface area contributed by atoms with Crippen LogP contribution in [0.5, 0.6) is 0 Å². The molecule has 0 bridgehead atoms. The maximum absolute atomic E-state index is 12.3. The van der Waals surface area contributed by atoms with E-state index >= 15 is 0 Å². The fraction of sp³-hybridized carbons (Fsp3) is 0.455. The summed E-state index contributed by atoms with van der Waals surface area (Å²) in [5, 5.41) is 0. The Morgan fingerprint density at radius 2 is 1.70 bits per heavy atom. The van der Waals surface area contributed by atoms with Gasteiger partial charge in [0.2, 0.25) is 10.0 Å². The minimum atomic E-state index is -3.85. The maximum Gasteiger partial charge on any atom is 0.261 e. The van der Waals surface area contributed by atoms with E-state index in [-0.39, 0.29) is 15.9 Å². The molecule has 1 saturated heterocycles. The van der Waals surface area contributed by atoms with Crippen LogP contribution >= 0.6 is 10.7 Å². The third kappa shape index (κ3) is 3.15. The molecule has 0 radical (unpaired) electrons. The number of rotatable bonds is 4. The average molecular weight is 340 g/mol. The Hall–Kier alpha value is -0.670. The van der Waals surface area contributed by atoms with Crippen molar-refractivity contribution in [3.8, 4) is 0 Å². The lowest BCUT2D eigenvalue weighted by Crippen LogP contribution is -2.30. The summed E-state index contributed by atoms with van der Waals surface area (Å²) >= 11 is 0. The molecule has 0 aliphatic carbocycles. The standard InChI is InChI=1S/C11H14ClNO5S2/c1-18-9-6-7-13(8-9)20(16,17)11-4-2-10(3-5-11)19(12,14)15/h2-5,9H,6-8H2,1H3. The predicted molar refractivity (Wildman–Crippen MR) is 73.7 cm³/mol. The van der Waals surface area contributed by atoms with Gasteiger partial charge >= 0.3 is 0 Å². The fourth-order valence-corrected chi connectivity index (χ4v) is 4.29. The van der Waals surface area contributed by atoms with Gasteiger partial charge in [0.25, 0.3) is 9.05 Å². The number of halogens is 1. The van der Waals surface area contributed by atoms with Crippen LogP contribution in [-0.4, -0.2) is 47.4 Å². The van der Waals surface area contributed by atoms with Gasteiger partial charge in [0.05, 0.1) is 15.9 Å². The van der Waals surface area contributed by atoms with E-state index in [0.29, 0.717) is 19.5 Å². The van der Waals surface area contributed by atoms with Gasteiger partial charge in [0.15, 0.2) is 0 Å². The zero-order chi connectivity index (χ0) is 15.0. The summed E-state index contributed by atoms with van der Waals surface area (Å²) in [6.45, 7) is 0.685. The number of methoxy groups -OCH3 is 1. The van der Waals surface area contributed by atoms with Crippen molar-refractivity contribution in [3.05, 3.63) is 24.3 Å². The molecule has 0 saturated carbocycles. The molecule has 1 aromatic carbocycles. The Kier molecular flexibility index (Phi) is 4.41. The van der Waals surface area contributed by atoms with Crippen molar-refractivity contribution in [1.82, 2.24) is 4.31 Å². The van der Waals surface area contributed by atoms with Crippen LogP contribution in [0.4, 0.5) is 0 Å². The molecule has 1 aromatic rings. The van der Waals surface area contributed by atoms with Gasteiger partial charge in [-0.25, -0.2) is 16.8 Å². The minimum absolute atomic E-state index is 0.0401. The van der Waals surface area contributed by atoms with Crippen LogP contribution in [0, 0.1) is 0 Å². The molecule has 0 aromatic heterocycles. The predicted octanol–water partition coefficient (Wildman–Crippen LogP) is 1.02. The second-order valence-electron chi connectivity index (χ2n) is 4.42. The van der Waals surface area contributed by atoms with E-state index in [4.69, 9.17) is 15.4 Å². The van der Waals surface area contributed by atoms with Crippen molar-refractivity contribution in [2.45, 2.75) is 22.3 Å². The third-order valence-electron chi connectivity index (χ3n) is 3.18. The van der Waals surface area contributed by atoms with E-state index in [1.807, 2.05) is 0 Å². The topological polar surface area (TPSA) is 80.8 Å². The average Bonchev–Trinajstić information content (AvgIpc) is 2.87. The second kappa shape index (κ2) is 5.61. The van der Waals surface area contributed by atoms with Crippen LogP contribution in [0.3, 0.4) is 0 Å². The summed E-state index contributed by atoms with van der Waals surface area (Å²) in [5.74, 6) is 0. The molecule has 0 amide bonds. The van der Waals surface area contributed by atoms with Gasteiger partial charge in [-0.1, -0.05) is 0 Å². The smallest absolute Gasteiger partial charge is 0.261 e. The zero-order valence-corrected chi connectivity index (χ0v) is 13.1. The lowest BCUT2D eigenvalue weighted by atomic mass is 10.3. The van der Waals surface area contributed by atoms with Gasteiger partial charge in [0, 0.05) is 30.9 Å². The van der Waals surface area contributed by atoms with Gasteiger partial charge in [-0.2, -0.15) is 4.31 Å². The molecule has 1 fully saturated rings. The molecule has 1 unspecified atom stereocenters. The molecule has 1 atom stereocenters. The van der Waals surface area contributed by atoms with Gasteiger partial charge in [-0.15, -0.1) is 0 Å². The van der Waals surface area contributed by atoms with E-state index in [1.54, 1.807) is 7.11 Å². The summed E-state index contributed by atoms with van der Waals surface area (Å²) in [6, 6.07) is 4.84. The number of hydrogen-bond acceptors (Lipinski definition) is 5. The van der Waals surface area contributed by atoms with Crippen LogP contribution in [0.15, 0.2) is 34.1 Å². The summed E-state index contributed by atoms with van der Waals surface area (Å²) in [7, 11) is -0.753. The molecule has 2 rings (SSSR count). The molecular weight excluding hydrogens is 326 g/mol. The van der Waals surface area contributed by atoms with Crippen molar-refractivity contribution in [2.24, 2.45) is 0 Å². The molecule has 0 spiro atoms. The number of ether oxygens (including phenoxy) is 1. The van der Waals surface area contributed by atoms with Crippen LogP contribution in [-0.2, 0) is 23.8 Å². The summed E-state index contributed by atoms with van der Waals surface area (Å²) in [6.07, 6.45) is 0.538. The fourth-order valence-electron chi connectivity index (χ4n) is 2.03. The van der Waals surface area contributed by atoms with Crippen molar-refractivity contribution >= 4 is 29.8 Å². The second-order valence-corrected chi connectivity index (χ2v) is 8.92. The Labute approximate surface area is 122 Å². The molecule has 1 heterocycles. The van der Waals surface area contributed by atoms with Crippen molar-refractivity contribution in [3.63, 3.8) is 0 Å². The third-order valence-corrected chi connectivity index (χ3v) is 6.43. The highest BCUT2D eigenvalue weighted by Crippen LogP contribution is 2.24. The normalized spacial score (nSPS) is 21.2. The highest BCUT2D eigenvalue weighted by Gasteiger charge is 2.32. The van der Waals surface area contributed by atoms with Crippen LogP contribution in [0.1, 0.15) is 6.42 Å². The van der Waals surface area contributed by atoms with Gasteiger partial charge in [0.1, 0.15) is 0 Å². The summed E-state index contributed by atoms with van der Waals surface area (Å²) in [4.78, 5) is -0.0902. The zero-order valence-electron chi connectivity index (χ0n) is 10.7. The molecule has 1 aliphatic rings. The van der Waals surface area contributed by atoms with Crippen molar-refractivity contribution in [2.75, 3.05) is 20.2 Å². The van der Waals surface area contributed by atoms with Gasteiger partial charge < -0.3 is 4.74 Å². The first-order valence-electron chi connectivity index (χ1n) is 5.83. The SMILES string of the molecule is COC1CCN(S(=O)(=O)c2ccc(S(=O)(=O)Cl)cc2)C1. The Morgan fingerprint density at radius 1 is 1.15 bits per heavy atom. The molecule has 20 heavy (non-hydrogen) atoms. The first-order chi connectivity index (χ1) is 9.25. The maximum atomic E-state index is 12.3. The first-order valence-corrected chi connectivity index (χ1v) is 9.58. The lowest BCUT2D eigenvalue weighted by molar-refractivity contribution is 0.115. The molecule has 112 valence electrons. The van der Waals surface area contributed by atoms with Crippen LogP contribution < -0.4 is 0 Å². The Balaban J connectivity index is 2.27. The number of benzene rings is 1. The van der Waals surface area contributed by atoms with E-state index in [1.165, 1.54) is 28.6 Å². The molecule has 6 nitrogen and oxygen atoms in total. The molecule has 9 heteroatoms. The van der Waals surface area contributed by atoms with Crippen molar-refractivity contribution in [1.29, 1.82) is 0 Å². The highest BCUT2D eigenvalue weighted by atomic mass is 35.7. The van der Waals surface area contributed by atoms with E-state index in [9.17, 15) is 16.8 Å². The summed E-state index contributed by atoms with van der Waals surface area (Å²) in [5.41, 5.74) is 0. The van der Waals surface area contributed by atoms with E-state index in [2.05, 4.69) is 0 Å². The molecule has 1 aliphatic heterocycles. The highest BCUT2D eigenvalue weighted by molar-refractivity contribution is 8.13. The largest absolute Gasteiger partial charge is 0.380 e. The van der Waals surface area contributed by atoms with Crippen molar-refractivity contribution < 1.29 is 21.6 Å². The lowest BCUT2D eigenvalue weighted by Gasteiger charge is -2.16.